The minimum atomic E-state index is -0.120. The molecule has 1 aromatic heterocycles. The van der Waals surface area contributed by atoms with E-state index in [-0.39, 0.29) is 11.7 Å². The number of nitrogens with one attached hydrogen (secondary N) is 1. The zero-order valence-corrected chi connectivity index (χ0v) is 11.3. The van der Waals surface area contributed by atoms with Crippen LogP contribution < -0.4 is 0 Å². The molecule has 0 atom stereocenters. The van der Waals surface area contributed by atoms with Gasteiger partial charge in [0.05, 0.1) is 19.0 Å². The molecule has 1 aliphatic heterocycles. The zero-order valence-electron chi connectivity index (χ0n) is 10.5. The third-order valence-electron chi connectivity index (χ3n) is 2.42. The minimum Gasteiger partial charge on any atom is -0.352 e. The van der Waals surface area contributed by atoms with Crippen LogP contribution in [0.3, 0.4) is 0 Å². The lowest BCUT2D eigenvalue weighted by Gasteiger charge is -2.22. The van der Waals surface area contributed by atoms with E-state index in [4.69, 9.17) is 9.47 Å². The van der Waals surface area contributed by atoms with E-state index < -0.39 is 0 Å². The summed E-state index contributed by atoms with van der Waals surface area (Å²) in [6, 6.07) is 0. The molecule has 1 N–H and O–H groups in total. The van der Waals surface area contributed by atoms with E-state index in [9.17, 15) is 0 Å². The van der Waals surface area contributed by atoms with Crippen LogP contribution in [-0.4, -0.2) is 40.4 Å². The van der Waals surface area contributed by atoms with Crippen LogP contribution in [0.25, 0.3) is 0 Å². The molecule has 1 saturated heterocycles. The van der Waals surface area contributed by atoms with Crippen molar-refractivity contribution in [3.05, 3.63) is 5.82 Å². The number of thioether (sulfide) groups is 1. The normalized spacial score (nSPS) is 18.5. The van der Waals surface area contributed by atoms with E-state index in [1.54, 1.807) is 11.8 Å². The van der Waals surface area contributed by atoms with Gasteiger partial charge in [0.2, 0.25) is 5.16 Å². The Labute approximate surface area is 106 Å². The van der Waals surface area contributed by atoms with Crippen LogP contribution in [0.1, 0.15) is 33.0 Å². The molecule has 2 rings (SSSR count). The number of ether oxygens (including phenoxy) is 2. The van der Waals surface area contributed by atoms with Gasteiger partial charge >= 0.3 is 0 Å². The minimum absolute atomic E-state index is 0.00362. The molecular weight excluding hydrogens is 238 g/mol. The molecule has 0 aliphatic carbocycles. The number of hydrogen-bond acceptors (Lipinski definition) is 5. The fourth-order valence-corrected chi connectivity index (χ4v) is 2.17. The van der Waals surface area contributed by atoms with Gasteiger partial charge in [0.15, 0.2) is 6.29 Å². The van der Waals surface area contributed by atoms with Gasteiger partial charge in [-0.1, -0.05) is 32.5 Å². The molecule has 0 spiro atoms. The summed E-state index contributed by atoms with van der Waals surface area (Å²) in [5.74, 6) is 1.65. The summed E-state index contributed by atoms with van der Waals surface area (Å²) >= 11 is 1.56. The Morgan fingerprint density at radius 2 is 2.06 bits per heavy atom. The summed E-state index contributed by atoms with van der Waals surface area (Å²) < 4.78 is 10.9. The highest BCUT2D eigenvalue weighted by atomic mass is 32.2. The second-order valence-corrected chi connectivity index (χ2v) is 6.04. The van der Waals surface area contributed by atoms with E-state index in [1.807, 2.05) is 0 Å². The van der Waals surface area contributed by atoms with Crippen molar-refractivity contribution < 1.29 is 9.47 Å². The Hall–Kier alpha value is -0.590. The van der Waals surface area contributed by atoms with Crippen LogP contribution in [0.2, 0.25) is 0 Å². The summed E-state index contributed by atoms with van der Waals surface area (Å²) in [5, 5.41) is 7.91. The molecule has 5 nitrogen and oxygen atoms in total. The summed E-state index contributed by atoms with van der Waals surface area (Å²) in [7, 11) is 0. The van der Waals surface area contributed by atoms with Crippen molar-refractivity contribution in [3.8, 4) is 0 Å². The summed E-state index contributed by atoms with van der Waals surface area (Å²) in [6.45, 7) is 7.89. The molecule has 1 aromatic rings. The SMILES string of the molecule is CC(C)(C)c1nc(SCC2OCCCO2)n[nH]1. The van der Waals surface area contributed by atoms with Gasteiger partial charge in [-0.2, -0.15) is 0 Å². The third kappa shape index (κ3) is 3.69. The smallest absolute Gasteiger partial charge is 0.208 e. The molecule has 0 unspecified atom stereocenters. The first-order valence-electron chi connectivity index (χ1n) is 5.84. The number of aromatic amines is 1. The largest absolute Gasteiger partial charge is 0.352 e. The highest BCUT2D eigenvalue weighted by Crippen LogP contribution is 2.22. The van der Waals surface area contributed by atoms with Crippen LogP contribution in [-0.2, 0) is 14.9 Å². The molecule has 2 heterocycles. The van der Waals surface area contributed by atoms with Gasteiger partial charge in [-0.25, -0.2) is 4.98 Å². The number of aromatic nitrogens is 3. The molecule has 96 valence electrons. The Morgan fingerprint density at radius 3 is 2.65 bits per heavy atom. The number of nitrogens with zero attached hydrogens (tertiary/aromatic N) is 2. The molecule has 1 fully saturated rings. The van der Waals surface area contributed by atoms with Crippen molar-refractivity contribution in [3.63, 3.8) is 0 Å². The predicted octanol–water partition coefficient (Wildman–Crippen LogP) is 1.96. The Morgan fingerprint density at radius 1 is 1.35 bits per heavy atom. The van der Waals surface area contributed by atoms with Crippen LogP contribution >= 0.6 is 11.8 Å². The summed E-state index contributed by atoms with van der Waals surface area (Å²) in [5.41, 5.74) is 0.00362. The standard InChI is InChI=1S/C11H19N3O2S/c1-11(2,3)9-12-10(14-13-9)17-7-8-15-5-4-6-16-8/h8H,4-7H2,1-3H3,(H,12,13,14). The molecular formula is C11H19N3O2S. The average molecular weight is 257 g/mol. The van der Waals surface area contributed by atoms with Gasteiger partial charge in [-0.15, -0.1) is 5.10 Å². The summed E-state index contributed by atoms with van der Waals surface area (Å²) in [4.78, 5) is 4.45. The fraction of sp³-hybridized carbons (Fsp3) is 0.818. The van der Waals surface area contributed by atoms with Crippen molar-refractivity contribution in [1.29, 1.82) is 0 Å². The molecule has 1 aliphatic rings. The van der Waals surface area contributed by atoms with E-state index >= 15 is 0 Å². The summed E-state index contributed by atoms with van der Waals surface area (Å²) in [6.07, 6.45) is 0.862. The third-order valence-corrected chi connectivity index (χ3v) is 3.30. The first-order chi connectivity index (χ1) is 8.05. The number of hydrogen-bond donors (Lipinski definition) is 1. The topological polar surface area (TPSA) is 60.0 Å². The van der Waals surface area contributed by atoms with E-state index in [1.165, 1.54) is 0 Å². The van der Waals surface area contributed by atoms with E-state index in [0.29, 0.717) is 0 Å². The van der Waals surface area contributed by atoms with Crippen molar-refractivity contribution in [2.45, 2.75) is 44.1 Å². The maximum absolute atomic E-state index is 5.46. The number of H-pyrrole nitrogens is 1. The lowest BCUT2D eigenvalue weighted by Crippen LogP contribution is -2.26. The second kappa shape index (κ2) is 5.37. The molecule has 17 heavy (non-hydrogen) atoms. The van der Waals surface area contributed by atoms with E-state index in [2.05, 4.69) is 36.0 Å². The lowest BCUT2D eigenvalue weighted by atomic mass is 9.96. The van der Waals surface area contributed by atoms with Gasteiger partial charge in [0.1, 0.15) is 5.82 Å². The van der Waals surface area contributed by atoms with Crippen molar-refractivity contribution in [2.24, 2.45) is 0 Å². The van der Waals surface area contributed by atoms with Gasteiger partial charge in [-0.3, -0.25) is 5.10 Å². The fourth-order valence-electron chi connectivity index (χ4n) is 1.42. The maximum atomic E-state index is 5.46. The van der Waals surface area contributed by atoms with Crippen LogP contribution in [0.15, 0.2) is 5.16 Å². The monoisotopic (exact) mass is 257 g/mol. The predicted molar refractivity (Wildman–Crippen MR) is 66.1 cm³/mol. The molecule has 6 heteroatoms. The Kier molecular flexibility index (Phi) is 4.06. The van der Waals surface area contributed by atoms with Crippen molar-refractivity contribution in [2.75, 3.05) is 19.0 Å². The molecule has 0 amide bonds. The molecule has 0 bridgehead atoms. The Bertz CT molecular complexity index is 356. The van der Waals surface area contributed by atoms with Gasteiger partial charge in [0.25, 0.3) is 0 Å². The highest BCUT2D eigenvalue weighted by molar-refractivity contribution is 7.99. The van der Waals surface area contributed by atoms with Gasteiger partial charge < -0.3 is 9.47 Å². The molecule has 0 radical (unpaired) electrons. The Balaban J connectivity index is 1.84. The quantitative estimate of drug-likeness (QED) is 0.839. The van der Waals surface area contributed by atoms with Gasteiger partial charge in [0, 0.05) is 5.41 Å². The average Bonchev–Trinajstić information content (AvgIpc) is 2.76. The maximum Gasteiger partial charge on any atom is 0.208 e. The van der Waals surface area contributed by atoms with E-state index in [0.717, 1.165) is 36.4 Å². The van der Waals surface area contributed by atoms with Crippen molar-refractivity contribution >= 4 is 11.8 Å². The van der Waals surface area contributed by atoms with Crippen LogP contribution in [0, 0.1) is 0 Å². The second-order valence-electron chi connectivity index (χ2n) is 5.05. The first kappa shape index (κ1) is 12.9. The molecule has 0 aromatic carbocycles. The number of rotatable bonds is 3. The van der Waals surface area contributed by atoms with Gasteiger partial charge in [-0.05, 0) is 6.42 Å². The van der Waals surface area contributed by atoms with Crippen molar-refractivity contribution in [1.82, 2.24) is 15.2 Å². The van der Waals surface area contributed by atoms with Crippen LogP contribution in [0.4, 0.5) is 0 Å². The van der Waals surface area contributed by atoms with Crippen LogP contribution in [0.5, 0.6) is 0 Å². The first-order valence-corrected chi connectivity index (χ1v) is 6.83. The zero-order chi connectivity index (χ0) is 12.3. The highest BCUT2D eigenvalue weighted by Gasteiger charge is 2.20. The molecule has 0 saturated carbocycles. The lowest BCUT2D eigenvalue weighted by molar-refractivity contribution is -0.164.